The number of benzene rings is 2. The highest BCUT2D eigenvalue weighted by molar-refractivity contribution is 7.92. The van der Waals surface area contributed by atoms with Gasteiger partial charge in [-0.1, -0.05) is 0 Å². The number of methoxy groups -OCH3 is 1. The molecule has 0 saturated carbocycles. The molecule has 0 atom stereocenters. The molecule has 3 rings (SSSR count). The van der Waals surface area contributed by atoms with E-state index in [1.807, 2.05) is 6.92 Å². The van der Waals surface area contributed by atoms with E-state index in [0.717, 1.165) is 6.07 Å². The molecule has 1 amide bonds. The summed E-state index contributed by atoms with van der Waals surface area (Å²) in [5.41, 5.74) is 0.816. The van der Waals surface area contributed by atoms with Gasteiger partial charge in [0.15, 0.2) is 10.7 Å². The van der Waals surface area contributed by atoms with Crippen LogP contribution in [0.15, 0.2) is 59.6 Å². The van der Waals surface area contributed by atoms with Crippen molar-refractivity contribution in [1.82, 2.24) is 10.2 Å². The maximum absolute atomic E-state index is 12.5. The summed E-state index contributed by atoms with van der Waals surface area (Å²) in [6.07, 6.45) is 0. The number of ether oxygens (including phenoxy) is 2. The third-order valence-corrected chi connectivity index (χ3v) is 5.13. The van der Waals surface area contributed by atoms with Crippen LogP contribution in [0.25, 0.3) is 0 Å². The Morgan fingerprint density at radius 1 is 1.03 bits per heavy atom. The van der Waals surface area contributed by atoms with Crippen molar-refractivity contribution in [3.63, 3.8) is 0 Å². The monoisotopic (exact) mass is 416 g/mol. The standard InChI is InChI=1S/C19H20N4O5S/c1-3-28-16-10-6-14(7-11-16)23-29(25,26)18-12-17(21-22-18)19(24)20-13-4-8-15(27-2)9-5-13/h4-12,23H,3H2,1-2H3,(H,20,24)(H,21,22). The summed E-state index contributed by atoms with van der Waals surface area (Å²) in [6, 6.07) is 14.3. The first-order valence-corrected chi connectivity index (χ1v) is 10.2. The lowest BCUT2D eigenvalue weighted by molar-refractivity contribution is 0.102. The number of hydrogen-bond donors (Lipinski definition) is 3. The Balaban J connectivity index is 1.69. The molecule has 1 heterocycles. The quantitative estimate of drug-likeness (QED) is 0.519. The second-order valence-corrected chi connectivity index (χ2v) is 7.51. The predicted molar refractivity (Wildman–Crippen MR) is 108 cm³/mol. The number of rotatable bonds is 8. The van der Waals surface area contributed by atoms with Gasteiger partial charge in [0.25, 0.3) is 15.9 Å². The highest BCUT2D eigenvalue weighted by atomic mass is 32.2. The number of nitrogens with zero attached hydrogens (tertiary/aromatic N) is 1. The van der Waals surface area contributed by atoms with Crippen molar-refractivity contribution in [3.05, 3.63) is 60.3 Å². The largest absolute Gasteiger partial charge is 0.497 e. The minimum atomic E-state index is -3.94. The van der Waals surface area contributed by atoms with Gasteiger partial charge < -0.3 is 14.8 Å². The van der Waals surface area contributed by atoms with Gasteiger partial charge in [0.1, 0.15) is 11.5 Å². The smallest absolute Gasteiger partial charge is 0.278 e. The average molecular weight is 416 g/mol. The Morgan fingerprint density at radius 2 is 1.66 bits per heavy atom. The maximum atomic E-state index is 12.5. The van der Waals surface area contributed by atoms with E-state index in [4.69, 9.17) is 9.47 Å². The SMILES string of the molecule is CCOc1ccc(NS(=O)(=O)c2cc(C(=O)Nc3ccc(OC)cc3)n[nH]2)cc1. The van der Waals surface area contributed by atoms with Crippen LogP contribution in [0.5, 0.6) is 11.5 Å². The van der Waals surface area contributed by atoms with E-state index in [0.29, 0.717) is 29.5 Å². The molecule has 0 aliphatic carbocycles. The van der Waals surface area contributed by atoms with Gasteiger partial charge in [-0.15, -0.1) is 0 Å². The van der Waals surface area contributed by atoms with Crippen LogP contribution in [0.2, 0.25) is 0 Å². The number of amides is 1. The second kappa shape index (κ2) is 8.65. The normalized spacial score (nSPS) is 11.0. The highest BCUT2D eigenvalue weighted by Gasteiger charge is 2.20. The molecule has 0 radical (unpaired) electrons. The minimum absolute atomic E-state index is 0.0621. The van der Waals surface area contributed by atoms with E-state index in [1.54, 1.807) is 55.6 Å². The molecule has 0 aliphatic heterocycles. The second-order valence-electron chi connectivity index (χ2n) is 5.86. The van der Waals surface area contributed by atoms with E-state index in [2.05, 4.69) is 20.2 Å². The van der Waals surface area contributed by atoms with E-state index in [-0.39, 0.29) is 10.7 Å². The summed E-state index contributed by atoms with van der Waals surface area (Å²) in [7, 11) is -2.40. The third-order valence-electron chi connectivity index (χ3n) is 3.84. The van der Waals surface area contributed by atoms with Crippen LogP contribution in [0.3, 0.4) is 0 Å². The molecule has 1 aromatic heterocycles. The Hall–Kier alpha value is -3.53. The first-order chi connectivity index (χ1) is 13.9. The van der Waals surface area contributed by atoms with Crippen LogP contribution in [0.1, 0.15) is 17.4 Å². The molecule has 0 unspecified atom stereocenters. The van der Waals surface area contributed by atoms with Gasteiger partial charge in [-0.05, 0) is 55.5 Å². The fourth-order valence-electron chi connectivity index (χ4n) is 2.42. The lowest BCUT2D eigenvalue weighted by Gasteiger charge is -2.07. The number of hydrogen-bond acceptors (Lipinski definition) is 6. The van der Waals surface area contributed by atoms with E-state index >= 15 is 0 Å². The number of carbonyl (C=O) groups is 1. The minimum Gasteiger partial charge on any atom is -0.497 e. The van der Waals surface area contributed by atoms with E-state index in [1.165, 1.54) is 0 Å². The van der Waals surface area contributed by atoms with Crippen molar-refractivity contribution < 1.29 is 22.7 Å². The van der Waals surface area contributed by atoms with Gasteiger partial charge in [-0.25, -0.2) is 0 Å². The van der Waals surface area contributed by atoms with Crippen LogP contribution in [-0.2, 0) is 10.0 Å². The first kappa shape index (κ1) is 20.2. The van der Waals surface area contributed by atoms with Crippen molar-refractivity contribution in [3.8, 4) is 11.5 Å². The zero-order chi connectivity index (χ0) is 20.9. The predicted octanol–water partition coefficient (Wildman–Crippen LogP) is 2.87. The van der Waals surface area contributed by atoms with Gasteiger partial charge in [0.05, 0.1) is 13.7 Å². The van der Waals surface area contributed by atoms with Crippen LogP contribution in [0.4, 0.5) is 11.4 Å². The molecule has 10 heteroatoms. The highest BCUT2D eigenvalue weighted by Crippen LogP contribution is 2.20. The number of aromatic amines is 1. The summed E-state index contributed by atoms with van der Waals surface area (Å²) in [4.78, 5) is 12.3. The van der Waals surface area contributed by atoms with Crippen LogP contribution in [0, 0.1) is 0 Å². The number of nitrogens with one attached hydrogen (secondary N) is 3. The van der Waals surface area contributed by atoms with Crippen molar-refractivity contribution >= 4 is 27.3 Å². The topological polar surface area (TPSA) is 122 Å². The zero-order valence-corrected chi connectivity index (χ0v) is 16.6. The van der Waals surface area contributed by atoms with Gasteiger partial charge in [0.2, 0.25) is 0 Å². The number of sulfonamides is 1. The number of H-pyrrole nitrogens is 1. The fourth-order valence-corrected chi connectivity index (χ4v) is 3.41. The summed E-state index contributed by atoms with van der Waals surface area (Å²) in [5, 5.41) is 8.57. The summed E-state index contributed by atoms with van der Waals surface area (Å²) < 4.78 is 37.8. The molecule has 152 valence electrons. The Kier molecular flexibility index (Phi) is 6.03. The molecule has 0 bridgehead atoms. The van der Waals surface area contributed by atoms with Crippen molar-refractivity contribution in [2.24, 2.45) is 0 Å². The summed E-state index contributed by atoms with van der Waals surface area (Å²) in [5.74, 6) is 0.736. The Bertz CT molecular complexity index is 1080. The molecule has 0 saturated heterocycles. The molecule has 3 N–H and O–H groups in total. The van der Waals surface area contributed by atoms with Gasteiger partial charge in [-0.2, -0.15) is 13.5 Å². The molecule has 29 heavy (non-hydrogen) atoms. The molecule has 0 spiro atoms. The van der Waals surface area contributed by atoms with Crippen molar-refractivity contribution in [2.45, 2.75) is 11.9 Å². The Morgan fingerprint density at radius 3 is 2.28 bits per heavy atom. The molecule has 3 aromatic rings. The average Bonchev–Trinajstić information content (AvgIpc) is 3.22. The maximum Gasteiger partial charge on any atom is 0.278 e. The van der Waals surface area contributed by atoms with E-state index in [9.17, 15) is 13.2 Å². The number of aromatic nitrogens is 2. The van der Waals surface area contributed by atoms with Crippen LogP contribution in [-0.4, -0.2) is 38.2 Å². The Labute approximate surface area is 168 Å². The van der Waals surface area contributed by atoms with Crippen molar-refractivity contribution in [2.75, 3.05) is 23.8 Å². The summed E-state index contributed by atoms with van der Waals surface area (Å²) in [6.45, 7) is 2.37. The summed E-state index contributed by atoms with van der Waals surface area (Å²) >= 11 is 0. The fraction of sp³-hybridized carbons (Fsp3) is 0.158. The number of carbonyl (C=O) groups excluding carboxylic acids is 1. The van der Waals surface area contributed by atoms with E-state index < -0.39 is 15.9 Å². The first-order valence-electron chi connectivity index (χ1n) is 8.68. The number of anilines is 2. The molecular formula is C19H20N4O5S. The molecule has 0 aliphatic rings. The van der Waals surface area contributed by atoms with Gasteiger partial charge in [-0.3, -0.25) is 14.6 Å². The molecular weight excluding hydrogens is 396 g/mol. The van der Waals surface area contributed by atoms with Crippen LogP contribution < -0.4 is 19.5 Å². The molecule has 0 fully saturated rings. The van der Waals surface area contributed by atoms with Crippen LogP contribution >= 0.6 is 0 Å². The van der Waals surface area contributed by atoms with Gasteiger partial charge in [0, 0.05) is 17.4 Å². The van der Waals surface area contributed by atoms with Crippen molar-refractivity contribution in [1.29, 1.82) is 0 Å². The molecule has 2 aromatic carbocycles. The lowest BCUT2D eigenvalue weighted by atomic mass is 10.3. The zero-order valence-electron chi connectivity index (χ0n) is 15.8. The molecule has 9 nitrogen and oxygen atoms in total. The third kappa shape index (κ3) is 5.05. The van der Waals surface area contributed by atoms with Gasteiger partial charge >= 0.3 is 0 Å². The lowest BCUT2D eigenvalue weighted by Crippen LogP contribution is -2.14.